The van der Waals surface area contributed by atoms with Gasteiger partial charge in [0.25, 0.3) is 5.91 Å². The molecular weight excluding hydrogens is 356 g/mol. The molecule has 0 radical (unpaired) electrons. The summed E-state index contributed by atoms with van der Waals surface area (Å²) in [5, 5.41) is 6.80. The van der Waals surface area contributed by atoms with Gasteiger partial charge >= 0.3 is 5.97 Å². The number of amides is 1. The Morgan fingerprint density at radius 2 is 1.57 bits per heavy atom. The summed E-state index contributed by atoms with van der Waals surface area (Å²) in [6.45, 7) is 15.3. The molecule has 0 fully saturated rings. The van der Waals surface area contributed by atoms with Crippen LogP contribution in [0.15, 0.2) is 23.4 Å². The largest absolute Gasteiger partial charge is 0.465 e. The van der Waals surface area contributed by atoms with Gasteiger partial charge in [0.2, 0.25) is 0 Å². The molecule has 0 aromatic heterocycles. The van der Waals surface area contributed by atoms with Gasteiger partial charge in [-0.15, -0.1) is 0 Å². The highest BCUT2D eigenvalue weighted by Gasteiger charge is 2.40. The first-order valence-electron chi connectivity index (χ1n) is 10.0. The molecule has 0 unspecified atom stereocenters. The van der Waals surface area contributed by atoms with Crippen molar-refractivity contribution in [1.82, 2.24) is 0 Å². The van der Waals surface area contributed by atoms with Crippen LogP contribution in [0.25, 0.3) is 0 Å². The van der Waals surface area contributed by atoms with Crippen LogP contribution in [0.5, 0.6) is 0 Å². The molecule has 1 aromatic carbocycles. The van der Waals surface area contributed by atoms with Gasteiger partial charge < -0.3 is 14.9 Å². The van der Waals surface area contributed by atoms with Crippen molar-refractivity contribution >= 4 is 23.3 Å². The molecule has 158 valence electrons. The standard InChI is InChI=1S/C20H30N2O4.C2H6/c1-7-20(8-2,19(24)25-9-3)16(6)22-26-13-18(23)21-17-11-14(4)10-15(5)12-17;1-2/h10-12H,7-9,13H2,1-6H3,(H,21,23);1-2H3/b22-16+;. The Labute approximate surface area is 169 Å². The Kier molecular flexibility index (Phi) is 11.8. The van der Waals surface area contributed by atoms with Crippen LogP contribution in [-0.2, 0) is 19.2 Å². The Balaban J connectivity index is 0.00000352. The number of hydrogen-bond acceptors (Lipinski definition) is 5. The second-order valence-corrected chi connectivity index (χ2v) is 6.38. The van der Waals surface area contributed by atoms with Crippen molar-refractivity contribution in [2.75, 3.05) is 18.5 Å². The molecule has 0 heterocycles. The van der Waals surface area contributed by atoms with E-state index in [4.69, 9.17) is 9.57 Å². The molecule has 1 amide bonds. The number of ether oxygens (including phenoxy) is 1. The molecule has 0 aliphatic rings. The second-order valence-electron chi connectivity index (χ2n) is 6.38. The average molecular weight is 393 g/mol. The van der Waals surface area contributed by atoms with E-state index in [2.05, 4.69) is 10.5 Å². The number of esters is 1. The lowest BCUT2D eigenvalue weighted by molar-refractivity contribution is -0.151. The second kappa shape index (κ2) is 12.9. The molecule has 0 aliphatic heterocycles. The summed E-state index contributed by atoms with van der Waals surface area (Å²) in [5.41, 5.74) is 2.56. The van der Waals surface area contributed by atoms with Gasteiger partial charge in [-0.2, -0.15) is 0 Å². The lowest BCUT2D eigenvalue weighted by Gasteiger charge is -2.28. The highest BCUT2D eigenvalue weighted by Crippen LogP contribution is 2.30. The third-order valence-corrected chi connectivity index (χ3v) is 4.47. The number of nitrogens with one attached hydrogen (secondary N) is 1. The van der Waals surface area contributed by atoms with E-state index in [0.717, 1.165) is 16.8 Å². The van der Waals surface area contributed by atoms with Crippen LogP contribution < -0.4 is 5.32 Å². The summed E-state index contributed by atoms with van der Waals surface area (Å²) in [6.07, 6.45) is 1.10. The topological polar surface area (TPSA) is 77.0 Å². The molecule has 1 aromatic rings. The van der Waals surface area contributed by atoms with Gasteiger partial charge in [0.15, 0.2) is 6.61 Å². The summed E-state index contributed by atoms with van der Waals surface area (Å²) < 4.78 is 5.18. The highest BCUT2D eigenvalue weighted by atomic mass is 16.6. The Bertz CT molecular complexity index is 644. The maximum Gasteiger partial charge on any atom is 0.317 e. The minimum absolute atomic E-state index is 0.226. The third-order valence-electron chi connectivity index (χ3n) is 4.47. The summed E-state index contributed by atoms with van der Waals surface area (Å²) in [4.78, 5) is 29.6. The Morgan fingerprint density at radius 3 is 2.04 bits per heavy atom. The predicted octanol–water partition coefficient (Wildman–Crippen LogP) is 5.03. The van der Waals surface area contributed by atoms with Gasteiger partial charge in [0.1, 0.15) is 5.41 Å². The fourth-order valence-corrected chi connectivity index (χ4v) is 2.99. The molecule has 0 aliphatic carbocycles. The third kappa shape index (κ3) is 7.33. The molecule has 0 saturated heterocycles. The summed E-state index contributed by atoms with van der Waals surface area (Å²) in [6, 6.07) is 5.81. The maximum absolute atomic E-state index is 12.3. The number of rotatable bonds is 9. The maximum atomic E-state index is 12.3. The molecule has 28 heavy (non-hydrogen) atoms. The van der Waals surface area contributed by atoms with E-state index in [1.165, 1.54) is 0 Å². The van der Waals surface area contributed by atoms with Crippen LogP contribution in [0.1, 0.15) is 65.5 Å². The van der Waals surface area contributed by atoms with E-state index in [-0.39, 0.29) is 18.5 Å². The molecule has 0 bridgehead atoms. The van der Waals surface area contributed by atoms with E-state index < -0.39 is 5.41 Å². The fourth-order valence-electron chi connectivity index (χ4n) is 2.99. The van der Waals surface area contributed by atoms with Gasteiger partial charge in [-0.1, -0.05) is 38.9 Å². The first kappa shape index (κ1) is 25.6. The monoisotopic (exact) mass is 392 g/mol. The van der Waals surface area contributed by atoms with Gasteiger partial charge in [-0.25, -0.2) is 0 Å². The van der Waals surface area contributed by atoms with Crippen LogP contribution >= 0.6 is 0 Å². The first-order chi connectivity index (χ1) is 13.3. The van der Waals surface area contributed by atoms with Crippen molar-refractivity contribution in [3.05, 3.63) is 29.3 Å². The van der Waals surface area contributed by atoms with Crippen LogP contribution in [0.3, 0.4) is 0 Å². The number of aryl methyl sites for hydroxylation is 2. The summed E-state index contributed by atoms with van der Waals surface area (Å²) in [7, 11) is 0. The molecular formula is C22H36N2O4. The van der Waals surface area contributed by atoms with Crippen LogP contribution in [0.4, 0.5) is 5.69 Å². The van der Waals surface area contributed by atoms with Crippen LogP contribution in [0.2, 0.25) is 0 Å². The number of anilines is 1. The van der Waals surface area contributed by atoms with E-state index in [0.29, 0.717) is 25.2 Å². The molecule has 0 spiro atoms. The first-order valence-corrected chi connectivity index (χ1v) is 10.0. The van der Waals surface area contributed by atoms with E-state index in [9.17, 15) is 9.59 Å². The average Bonchev–Trinajstić information content (AvgIpc) is 2.64. The van der Waals surface area contributed by atoms with Gasteiger partial charge in [-0.05, 0) is 63.8 Å². The van der Waals surface area contributed by atoms with Gasteiger partial charge in [0.05, 0.1) is 12.3 Å². The zero-order valence-corrected chi connectivity index (χ0v) is 18.6. The lowest BCUT2D eigenvalue weighted by atomic mass is 9.78. The Morgan fingerprint density at radius 1 is 1.04 bits per heavy atom. The smallest absolute Gasteiger partial charge is 0.317 e. The highest BCUT2D eigenvalue weighted by molar-refractivity contribution is 6.05. The number of oxime groups is 1. The molecule has 6 nitrogen and oxygen atoms in total. The zero-order valence-electron chi connectivity index (χ0n) is 18.6. The lowest BCUT2D eigenvalue weighted by Crippen LogP contribution is -2.38. The molecule has 1 N–H and O–H groups in total. The van der Waals surface area contributed by atoms with Gasteiger partial charge in [-0.3, -0.25) is 9.59 Å². The number of hydrogen-bond donors (Lipinski definition) is 1. The normalized spacial score (nSPS) is 11.2. The number of carbonyl (C=O) groups excluding carboxylic acids is 2. The van der Waals surface area contributed by atoms with Crippen molar-refractivity contribution in [2.24, 2.45) is 10.6 Å². The summed E-state index contributed by atoms with van der Waals surface area (Å²) in [5.74, 6) is -0.615. The Hall–Kier alpha value is -2.37. The zero-order chi connectivity index (χ0) is 21.7. The molecule has 0 atom stereocenters. The number of benzene rings is 1. The van der Waals surface area contributed by atoms with Gasteiger partial charge in [0, 0.05) is 5.69 Å². The van der Waals surface area contributed by atoms with E-state index in [1.54, 1.807) is 13.8 Å². The molecule has 6 heteroatoms. The van der Waals surface area contributed by atoms with E-state index in [1.807, 2.05) is 59.7 Å². The van der Waals surface area contributed by atoms with Crippen molar-refractivity contribution < 1.29 is 19.2 Å². The van der Waals surface area contributed by atoms with Crippen LogP contribution in [0, 0.1) is 19.3 Å². The van der Waals surface area contributed by atoms with E-state index >= 15 is 0 Å². The minimum atomic E-state index is -0.819. The fraction of sp³-hybridized carbons (Fsp3) is 0.591. The van der Waals surface area contributed by atoms with Crippen molar-refractivity contribution in [3.63, 3.8) is 0 Å². The van der Waals surface area contributed by atoms with Crippen molar-refractivity contribution in [1.29, 1.82) is 0 Å². The van der Waals surface area contributed by atoms with Crippen molar-refractivity contribution in [2.45, 2.75) is 68.2 Å². The minimum Gasteiger partial charge on any atom is -0.465 e. The SMILES string of the molecule is CC.CCOC(=O)C(CC)(CC)/C(C)=N/OCC(=O)Nc1cc(C)cc(C)c1. The molecule has 1 rings (SSSR count). The quantitative estimate of drug-likeness (QED) is 0.363. The molecule has 0 saturated carbocycles. The van der Waals surface area contributed by atoms with Crippen LogP contribution in [-0.4, -0.2) is 30.8 Å². The summed E-state index contributed by atoms with van der Waals surface area (Å²) >= 11 is 0. The predicted molar refractivity (Wildman–Crippen MR) is 115 cm³/mol. The number of nitrogens with zero attached hydrogens (tertiary/aromatic N) is 1. The number of carbonyl (C=O) groups is 2. The van der Waals surface area contributed by atoms with Crippen molar-refractivity contribution in [3.8, 4) is 0 Å².